The van der Waals surface area contributed by atoms with Crippen molar-refractivity contribution in [3.63, 3.8) is 0 Å². The number of ether oxygens (including phenoxy) is 1. The molecule has 0 bridgehead atoms. The highest BCUT2D eigenvalue weighted by Crippen LogP contribution is 2.13. The Hall–Kier alpha value is -3.19. The van der Waals surface area contributed by atoms with E-state index in [1.807, 2.05) is 38.1 Å². The lowest BCUT2D eigenvalue weighted by atomic mass is 10.2. The number of nitrogens with zero attached hydrogens (tertiary/aromatic N) is 1. The van der Waals surface area contributed by atoms with Gasteiger partial charge in [0, 0.05) is 30.4 Å². The number of carbonyl (C=O) groups is 2. The lowest BCUT2D eigenvalue weighted by Gasteiger charge is -2.18. The van der Waals surface area contributed by atoms with E-state index in [0.717, 1.165) is 11.3 Å². The van der Waals surface area contributed by atoms with Crippen LogP contribution in [0.5, 0.6) is 5.75 Å². The molecular formula is C22H25N3O3S. The van der Waals surface area contributed by atoms with Crippen molar-refractivity contribution < 1.29 is 14.3 Å². The number of hydrogen-bond acceptors (Lipinski definition) is 4. The van der Waals surface area contributed by atoms with Crippen LogP contribution in [0, 0.1) is 0 Å². The lowest BCUT2D eigenvalue weighted by Crippen LogP contribution is -2.33. The molecule has 0 saturated carbocycles. The van der Waals surface area contributed by atoms with Gasteiger partial charge in [0.15, 0.2) is 5.11 Å². The van der Waals surface area contributed by atoms with Crippen LogP contribution in [-0.4, -0.2) is 42.0 Å². The number of thiocarbonyl (C=S) groups is 1. The summed E-state index contributed by atoms with van der Waals surface area (Å²) in [5.41, 5.74) is 2.16. The van der Waals surface area contributed by atoms with Crippen LogP contribution < -0.4 is 15.4 Å². The highest BCUT2D eigenvalue weighted by molar-refractivity contribution is 7.80. The summed E-state index contributed by atoms with van der Waals surface area (Å²) in [7, 11) is 1.60. The monoisotopic (exact) mass is 411 g/mol. The van der Waals surface area contributed by atoms with Crippen LogP contribution in [0.25, 0.3) is 6.08 Å². The van der Waals surface area contributed by atoms with E-state index in [1.54, 1.807) is 42.4 Å². The first-order valence-electron chi connectivity index (χ1n) is 9.30. The number of carbonyl (C=O) groups excluding carboxylic acids is 2. The van der Waals surface area contributed by atoms with Gasteiger partial charge in [0.25, 0.3) is 5.91 Å². The third-order valence-corrected chi connectivity index (χ3v) is 4.42. The predicted octanol–water partition coefficient (Wildman–Crippen LogP) is 3.70. The van der Waals surface area contributed by atoms with Gasteiger partial charge in [-0.05, 0) is 74.1 Å². The fourth-order valence-electron chi connectivity index (χ4n) is 2.59. The van der Waals surface area contributed by atoms with Gasteiger partial charge in [-0.2, -0.15) is 0 Å². The smallest absolute Gasteiger partial charge is 0.253 e. The number of benzene rings is 2. The number of rotatable bonds is 7. The molecule has 0 fully saturated rings. The number of anilines is 1. The summed E-state index contributed by atoms with van der Waals surface area (Å²) in [5.74, 6) is 0.398. The fourth-order valence-corrected chi connectivity index (χ4v) is 2.81. The Morgan fingerprint density at radius 2 is 1.66 bits per heavy atom. The zero-order chi connectivity index (χ0) is 21.2. The molecule has 2 aromatic rings. The summed E-state index contributed by atoms with van der Waals surface area (Å²) >= 11 is 5.17. The minimum Gasteiger partial charge on any atom is -0.497 e. The highest BCUT2D eigenvalue weighted by atomic mass is 32.1. The Morgan fingerprint density at radius 1 is 1.03 bits per heavy atom. The Kier molecular flexibility index (Phi) is 8.36. The second-order valence-electron chi connectivity index (χ2n) is 6.10. The van der Waals surface area contributed by atoms with E-state index >= 15 is 0 Å². The minimum absolute atomic E-state index is 0.0129. The predicted molar refractivity (Wildman–Crippen MR) is 120 cm³/mol. The molecule has 0 radical (unpaired) electrons. The molecule has 0 aromatic heterocycles. The summed E-state index contributed by atoms with van der Waals surface area (Å²) in [5, 5.41) is 5.70. The average Bonchev–Trinajstić information content (AvgIpc) is 2.74. The van der Waals surface area contributed by atoms with Crippen molar-refractivity contribution in [2.45, 2.75) is 13.8 Å². The quantitative estimate of drug-likeness (QED) is 0.537. The highest BCUT2D eigenvalue weighted by Gasteiger charge is 2.12. The van der Waals surface area contributed by atoms with Gasteiger partial charge < -0.3 is 15.0 Å². The van der Waals surface area contributed by atoms with Crippen LogP contribution in [0.3, 0.4) is 0 Å². The van der Waals surface area contributed by atoms with Crippen molar-refractivity contribution >= 4 is 40.9 Å². The maximum absolute atomic E-state index is 12.3. The molecule has 0 unspecified atom stereocenters. The summed E-state index contributed by atoms with van der Waals surface area (Å²) < 4.78 is 5.10. The molecule has 0 aliphatic carbocycles. The van der Waals surface area contributed by atoms with Gasteiger partial charge in [-0.1, -0.05) is 12.1 Å². The summed E-state index contributed by atoms with van der Waals surface area (Å²) in [6, 6.07) is 14.3. The molecule has 0 atom stereocenters. The Balaban J connectivity index is 1.88. The van der Waals surface area contributed by atoms with Gasteiger partial charge >= 0.3 is 0 Å². The van der Waals surface area contributed by atoms with Gasteiger partial charge in [-0.3, -0.25) is 14.9 Å². The second kappa shape index (κ2) is 11.0. The molecule has 0 saturated heterocycles. The van der Waals surface area contributed by atoms with Crippen molar-refractivity contribution in [1.82, 2.24) is 10.2 Å². The molecule has 2 amide bonds. The molecule has 0 aliphatic heterocycles. The number of amides is 2. The molecule has 0 spiro atoms. The van der Waals surface area contributed by atoms with Gasteiger partial charge in [0.2, 0.25) is 5.91 Å². The van der Waals surface area contributed by atoms with Gasteiger partial charge in [0.1, 0.15) is 5.75 Å². The molecule has 2 rings (SSSR count). The zero-order valence-corrected chi connectivity index (χ0v) is 17.6. The van der Waals surface area contributed by atoms with Crippen LogP contribution in [0.2, 0.25) is 0 Å². The molecule has 152 valence electrons. The standard InChI is InChI=1S/C22H25N3O3S/c1-4-25(5-2)21(27)17-9-11-18(12-10-17)23-22(29)24-20(26)15-8-16-6-13-19(28-3)14-7-16/h6-15H,4-5H2,1-3H3,(H2,23,24,26,29)/b15-8+. The molecule has 0 heterocycles. The third kappa shape index (κ3) is 6.73. The first-order valence-corrected chi connectivity index (χ1v) is 9.71. The van der Waals surface area contributed by atoms with Crippen molar-refractivity contribution in [1.29, 1.82) is 0 Å². The Bertz CT molecular complexity index is 873. The van der Waals surface area contributed by atoms with E-state index in [9.17, 15) is 9.59 Å². The van der Waals surface area contributed by atoms with Gasteiger partial charge in [-0.15, -0.1) is 0 Å². The third-order valence-electron chi connectivity index (χ3n) is 4.22. The van der Waals surface area contributed by atoms with E-state index in [1.165, 1.54) is 6.08 Å². The van der Waals surface area contributed by atoms with Crippen molar-refractivity contribution in [2.75, 3.05) is 25.5 Å². The molecule has 29 heavy (non-hydrogen) atoms. The topological polar surface area (TPSA) is 70.7 Å². The van der Waals surface area contributed by atoms with Crippen LogP contribution in [0.1, 0.15) is 29.8 Å². The number of methoxy groups -OCH3 is 1. The minimum atomic E-state index is -0.341. The Morgan fingerprint density at radius 3 is 2.21 bits per heavy atom. The summed E-state index contributed by atoms with van der Waals surface area (Å²) in [6.45, 7) is 5.22. The maximum Gasteiger partial charge on any atom is 0.253 e. The first-order chi connectivity index (χ1) is 14.0. The molecule has 0 aliphatic rings. The molecule has 2 aromatic carbocycles. The van der Waals surface area contributed by atoms with Crippen LogP contribution in [0.4, 0.5) is 5.69 Å². The normalized spacial score (nSPS) is 10.4. The van der Waals surface area contributed by atoms with Crippen molar-refractivity contribution in [3.05, 3.63) is 65.7 Å². The van der Waals surface area contributed by atoms with E-state index in [2.05, 4.69) is 10.6 Å². The first kappa shape index (κ1) is 22.1. The largest absolute Gasteiger partial charge is 0.497 e. The van der Waals surface area contributed by atoms with Crippen LogP contribution in [0.15, 0.2) is 54.6 Å². The van der Waals surface area contributed by atoms with E-state index in [0.29, 0.717) is 24.3 Å². The molecule has 6 nitrogen and oxygen atoms in total. The zero-order valence-electron chi connectivity index (χ0n) is 16.8. The average molecular weight is 412 g/mol. The Labute approximate surface area is 176 Å². The van der Waals surface area contributed by atoms with Crippen LogP contribution >= 0.6 is 12.2 Å². The van der Waals surface area contributed by atoms with Crippen molar-refractivity contribution in [3.8, 4) is 5.75 Å². The summed E-state index contributed by atoms with van der Waals surface area (Å²) in [4.78, 5) is 26.1. The van der Waals surface area contributed by atoms with Crippen molar-refractivity contribution in [2.24, 2.45) is 0 Å². The second-order valence-corrected chi connectivity index (χ2v) is 6.51. The van der Waals surface area contributed by atoms with E-state index in [4.69, 9.17) is 17.0 Å². The molecule has 2 N–H and O–H groups in total. The fraction of sp³-hybridized carbons (Fsp3) is 0.227. The lowest BCUT2D eigenvalue weighted by molar-refractivity contribution is -0.115. The van der Waals surface area contributed by atoms with Gasteiger partial charge in [0.05, 0.1) is 7.11 Å². The number of hydrogen-bond donors (Lipinski definition) is 2. The van der Waals surface area contributed by atoms with E-state index < -0.39 is 0 Å². The van der Waals surface area contributed by atoms with E-state index in [-0.39, 0.29) is 16.9 Å². The van der Waals surface area contributed by atoms with Gasteiger partial charge in [-0.25, -0.2) is 0 Å². The maximum atomic E-state index is 12.3. The molecule has 7 heteroatoms. The molecular weight excluding hydrogens is 386 g/mol. The SMILES string of the molecule is CCN(CC)C(=O)c1ccc(NC(=S)NC(=O)/C=C/c2ccc(OC)cc2)cc1. The summed E-state index contributed by atoms with van der Waals surface area (Å²) in [6.07, 6.45) is 3.09. The van der Waals surface area contributed by atoms with Crippen LogP contribution in [-0.2, 0) is 4.79 Å². The number of nitrogens with one attached hydrogen (secondary N) is 2.